The summed E-state index contributed by atoms with van der Waals surface area (Å²) in [5.74, 6) is -0.290. The second-order valence-electron chi connectivity index (χ2n) is 5.78. The van der Waals surface area contributed by atoms with Crippen LogP contribution in [0.3, 0.4) is 0 Å². The van der Waals surface area contributed by atoms with Gasteiger partial charge in [-0.2, -0.15) is 0 Å². The molecule has 4 rings (SSSR count). The van der Waals surface area contributed by atoms with Gasteiger partial charge in [-0.15, -0.1) is 0 Å². The SMILES string of the molecule is Nc1ncc(-c2cccnc2)nc1C(=O)NC1=CC[C@H]2NC=CC2=C1. The lowest BCUT2D eigenvalue weighted by Crippen LogP contribution is -2.29. The van der Waals surface area contributed by atoms with Crippen LogP contribution in [0.2, 0.25) is 0 Å². The van der Waals surface area contributed by atoms with E-state index in [0.717, 1.165) is 23.3 Å². The van der Waals surface area contributed by atoms with Crippen molar-refractivity contribution in [1.82, 2.24) is 25.6 Å². The fourth-order valence-corrected chi connectivity index (χ4v) is 2.81. The molecule has 0 radical (unpaired) electrons. The Morgan fingerprint density at radius 1 is 1.36 bits per heavy atom. The number of pyridine rings is 1. The predicted molar refractivity (Wildman–Crippen MR) is 94.0 cm³/mol. The van der Waals surface area contributed by atoms with E-state index < -0.39 is 0 Å². The van der Waals surface area contributed by atoms with Crippen LogP contribution in [-0.4, -0.2) is 26.9 Å². The molecule has 2 aromatic heterocycles. The van der Waals surface area contributed by atoms with Crippen LogP contribution in [0.4, 0.5) is 5.82 Å². The molecule has 2 aromatic rings. The van der Waals surface area contributed by atoms with E-state index in [1.807, 2.05) is 30.5 Å². The van der Waals surface area contributed by atoms with Gasteiger partial charge in [0.15, 0.2) is 11.5 Å². The molecule has 0 aromatic carbocycles. The largest absolute Gasteiger partial charge is 0.384 e. The molecular weight excluding hydrogens is 316 g/mol. The lowest BCUT2D eigenvalue weighted by atomic mass is 9.99. The summed E-state index contributed by atoms with van der Waals surface area (Å²) < 4.78 is 0. The Hall–Kier alpha value is -3.48. The molecule has 1 amide bonds. The minimum absolute atomic E-state index is 0.0921. The van der Waals surface area contributed by atoms with Crippen LogP contribution >= 0.6 is 0 Å². The number of nitrogens with zero attached hydrogens (tertiary/aromatic N) is 3. The van der Waals surface area contributed by atoms with Gasteiger partial charge in [-0.3, -0.25) is 9.78 Å². The summed E-state index contributed by atoms with van der Waals surface area (Å²) in [6.45, 7) is 0. The van der Waals surface area contributed by atoms with E-state index in [1.165, 1.54) is 6.20 Å². The third-order valence-corrected chi connectivity index (χ3v) is 4.10. The number of amides is 1. The summed E-state index contributed by atoms with van der Waals surface area (Å²) in [6.07, 6.45) is 13.5. The Kier molecular flexibility index (Phi) is 3.74. The highest BCUT2D eigenvalue weighted by atomic mass is 16.1. The van der Waals surface area contributed by atoms with Gasteiger partial charge in [0.1, 0.15) is 0 Å². The Balaban J connectivity index is 1.58. The number of aromatic nitrogens is 3. The number of allylic oxidation sites excluding steroid dienone is 1. The number of nitrogen functional groups attached to an aromatic ring is 1. The minimum Gasteiger partial charge on any atom is -0.384 e. The standard InChI is InChI=1S/C18H16N6O/c19-17-16(24-15(10-22-17)12-2-1-6-20-9-12)18(25)23-13-3-4-14-11(8-13)5-7-21-14/h1-3,5-10,14,21H,4H2,(H2,19,22)(H,23,25)/t14-/m1/s1. The predicted octanol–water partition coefficient (Wildman–Crippen LogP) is 1.55. The van der Waals surface area contributed by atoms with E-state index >= 15 is 0 Å². The normalized spacial score (nSPS) is 18.0. The average molecular weight is 332 g/mol. The molecule has 0 fully saturated rings. The number of nitrogens with one attached hydrogen (secondary N) is 2. The average Bonchev–Trinajstić information content (AvgIpc) is 3.10. The van der Waals surface area contributed by atoms with Crippen LogP contribution in [-0.2, 0) is 0 Å². The van der Waals surface area contributed by atoms with Gasteiger partial charge in [0.2, 0.25) is 0 Å². The number of nitrogens with two attached hydrogens (primary N) is 1. The van der Waals surface area contributed by atoms with Crippen molar-refractivity contribution in [3.8, 4) is 11.3 Å². The Bertz CT molecular complexity index is 916. The maximum absolute atomic E-state index is 12.6. The molecule has 1 aliphatic carbocycles. The van der Waals surface area contributed by atoms with Crippen molar-refractivity contribution in [2.45, 2.75) is 12.5 Å². The Labute approximate surface area is 144 Å². The van der Waals surface area contributed by atoms with Crippen LogP contribution in [0.1, 0.15) is 16.9 Å². The molecule has 7 heteroatoms. The van der Waals surface area contributed by atoms with Gasteiger partial charge in [-0.1, -0.05) is 6.08 Å². The molecule has 0 unspecified atom stereocenters. The number of rotatable bonds is 3. The molecule has 0 saturated heterocycles. The molecule has 1 atom stereocenters. The van der Waals surface area contributed by atoms with Crippen LogP contribution in [0.5, 0.6) is 0 Å². The van der Waals surface area contributed by atoms with Crippen molar-refractivity contribution < 1.29 is 4.79 Å². The number of carbonyl (C=O) groups is 1. The lowest BCUT2D eigenvalue weighted by Gasteiger charge is -2.18. The zero-order valence-electron chi connectivity index (χ0n) is 13.3. The zero-order chi connectivity index (χ0) is 17.2. The Morgan fingerprint density at radius 2 is 2.28 bits per heavy atom. The number of hydrogen-bond donors (Lipinski definition) is 3. The number of fused-ring (bicyclic) bond motifs is 1. The van der Waals surface area contributed by atoms with Crippen molar-refractivity contribution in [3.63, 3.8) is 0 Å². The number of carbonyl (C=O) groups excluding carboxylic acids is 1. The van der Waals surface area contributed by atoms with Crippen molar-refractivity contribution in [3.05, 3.63) is 72.1 Å². The van der Waals surface area contributed by atoms with Crippen molar-refractivity contribution >= 4 is 11.7 Å². The fraction of sp³-hybridized carbons (Fsp3) is 0.111. The fourth-order valence-electron chi connectivity index (χ4n) is 2.81. The van der Waals surface area contributed by atoms with Gasteiger partial charge < -0.3 is 16.4 Å². The zero-order valence-corrected chi connectivity index (χ0v) is 13.3. The minimum atomic E-state index is -0.382. The summed E-state index contributed by atoms with van der Waals surface area (Å²) in [5, 5.41) is 6.10. The van der Waals surface area contributed by atoms with Crippen molar-refractivity contribution in [2.24, 2.45) is 0 Å². The number of anilines is 1. The third-order valence-electron chi connectivity index (χ3n) is 4.10. The molecule has 25 heavy (non-hydrogen) atoms. The Morgan fingerprint density at radius 3 is 3.12 bits per heavy atom. The molecule has 1 aliphatic heterocycles. The summed E-state index contributed by atoms with van der Waals surface area (Å²) in [7, 11) is 0. The molecule has 124 valence electrons. The second-order valence-corrected chi connectivity index (χ2v) is 5.78. The third kappa shape index (κ3) is 2.99. The summed E-state index contributed by atoms with van der Waals surface area (Å²) in [6, 6.07) is 3.94. The van der Waals surface area contributed by atoms with Gasteiger partial charge in [0.25, 0.3) is 5.91 Å². The van der Waals surface area contributed by atoms with Crippen LogP contribution < -0.4 is 16.4 Å². The maximum atomic E-state index is 12.6. The first-order chi connectivity index (χ1) is 12.2. The van der Waals surface area contributed by atoms with Gasteiger partial charge in [-0.05, 0) is 42.5 Å². The first kappa shape index (κ1) is 15.1. The summed E-state index contributed by atoms with van der Waals surface area (Å²) >= 11 is 0. The van der Waals surface area contributed by atoms with Crippen molar-refractivity contribution in [2.75, 3.05) is 5.73 Å². The molecule has 7 nitrogen and oxygen atoms in total. The van der Waals surface area contributed by atoms with E-state index in [-0.39, 0.29) is 17.4 Å². The molecule has 0 spiro atoms. The number of hydrogen-bond acceptors (Lipinski definition) is 6. The lowest BCUT2D eigenvalue weighted by molar-refractivity contribution is 0.0962. The topological polar surface area (TPSA) is 106 Å². The highest BCUT2D eigenvalue weighted by Gasteiger charge is 2.21. The van der Waals surface area contributed by atoms with E-state index in [2.05, 4.69) is 25.6 Å². The highest BCUT2D eigenvalue weighted by molar-refractivity contribution is 5.98. The molecule has 4 N–H and O–H groups in total. The van der Waals surface area contributed by atoms with E-state index in [4.69, 9.17) is 5.73 Å². The molecule has 2 aliphatic rings. The van der Waals surface area contributed by atoms with Crippen LogP contribution in [0.25, 0.3) is 11.3 Å². The van der Waals surface area contributed by atoms with Crippen molar-refractivity contribution in [1.29, 1.82) is 0 Å². The van der Waals surface area contributed by atoms with E-state index in [0.29, 0.717) is 11.7 Å². The van der Waals surface area contributed by atoms with Crippen LogP contribution in [0, 0.1) is 0 Å². The summed E-state index contributed by atoms with van der Waals surface area (Å²) in [5.41, 5.74) is 9.15. The first-order valence-corrected chi connectivity index (χ1v) is 7.89. The van der Waals surface area contributed by atoms with Gasteiger partial charge >= 0.3 is 0 Å². The van der Waals surface area contributed by atoms with E-state index in [9.17, 15) is 4.79 Å². The first-order valence-electron chi connectivity index (χ1n) is 7.89. The van der Waals surface area contributed by atoms with Gasteiger partial charge in [0.05, 0.1) is 17.9 Å². The highest BCUT2D eigenvalue weighted by Crippen LogP contribution is 2.22. The summed E-state index contributed by atoms with van der Waals surface area (Å²) in [4.78, 5) is 25.1. The molecule has 0 bridgehead atoms. The van der Waals surface area contributed by atoms with Crippen LogP contribution in [0.15, 0.2) is 66.4 Å². The van der Waals surface area contributed by atoms with Gasteiger partial charge in [0, 0.05) is 23.7 Å². The van der Waals surface area contributed by atoms with Gasteiger partial charge in [-0.25, -0.2) is 9.97 Å². The second kappa shape index (κ2) is 6.20. The molecular formula is C18H16N6O. The molecule has 0 saturated carbocycles. The smallest absolute Gasteiger partial charge is 0.278 e. The maximum Gasteiger partial charge on any atom is 0.278 e. The molecule has 3 heterocycles. The quantitative estimate of drug-likeness (QED) is 0.787. The monoisotopic (exact) mass is 332 g/mol. The van der Waals surface area contributed by atoms with E-state index in [1.54, 1.807) is 18.5 Å².